The van der Waals surface area contributed by atoms with Crippen molar-refractivity contribution in [1.82, 2.24) is 5.32 Å². The molecule has 0 aromatic heterocycles. The number of aryl methyl sites for hydroxylation is 2. The van der Waals surface area contributed by atoms with Crippen molar-refractivity contribution in [2.75, 3.05) is 13.2 Å². The normalized spacial score (nSPS) is 24.6. The maximum Gasteiger partial charge on any atom is 0.251 e. The van der Waals surface area contributed by atoms with Crippen LogP contribution in [0.4, 0.5) is 0 Å². The number of nitrogens with one attached hydrogen (secondary N) is 1. The van der Waals surface area contributed by atoms with Crippen molar-refractivity contribution in [2.45, 2.75) is 44.9 Å². The maximum atomic E-state index is 12.3. The fourth-order valence-corrected chi connectivity index (χ4v) is 3.82. The minimum Gasteiger partial charge on any atom is -0.396 e. The Kier molecular flexibility index (Phi) is 4.59. The van der Waals surface area contributed by atoms with Crippen LogP contribution in [0.15, 0.2) is 18.2 Å². The molecule has 0 aliphatic heterocycles. The molecule has 2 N–H and O–H groups in total. The fraction of sp³-hybridized carbons (Fsp3) is 0.611. The molecule has 1 fully saturated rings. The molecule has 114 valence electrons. The number of hydrogen-bond acceptors (Lipinski definition) is 2. The number of aliphatic hydroxyl groups excluding tert-OH is 1. The lowest BCUT2D eigenvalue weighted by Gasteiger charge is -2.19. The van der Waals surface area contributed by atoms with Crippen LogP contribution in [0.2, 0.25) is 0 Å². The molecule has 0 saturated heterocycles. The van der Waals surface area contributed by atoms with E-state index in [9.17, 15) is 9.90 Å². The van der Waals surface area contributed by atoms with Gasteiger partial charge in [0.2, 0.25) is 0 Å². The molecule has 2 atom stereocenters. The number of fused-ring (bicyclic) bond motifs is 1. The number of benzene rings is 1. The highest BCUT2D eigenvalue weighted by molar-refractivity contribution is 5.94. The fourth-order valence-electron chi connectivity index (χ4n) is 3.82. The Morgan fingerprint density at radius 1 is 1.10 bits per heavy atom. The van der Waals surface area contributed by atoms with Crippen molar-refractivity contribution < 1.29 is 9.90 Å². The molecular formula is C18H25NO2. The molecule has 2 aliphatic carbocycles. The monoisotopic (exact) mass is 287 g/mol. The molecule has 2 aliphatic rings. The van der Waals surface area contributed by atoms with Gasteiger partial charge in [0.1, 0.15) is 0 Å². The van der Waals surface area contributed by atoms with Gasteiger partial charge in [0.15, 0.2) is 0 Å². The first-order chi connectivity index (χ1) is 10.3. The van der Waals surface area contributed by atoms with Crippen molar-refractivity contribution in [3.05, 3.63) is 34.9 Å². The van der Waals surface area contributed by atoms with Gasteiger partial charge in [-0.3, -0.25) is 4.79 Å². The Bertz CT molecular complexity index is 512. The average Bonchev–Trinajstić information content (AvgIpc) is 2.99. The van der Waals surface area contributed by atoms with E-state index in [1.165, 1.54) is 30.4 Å². The zero-order chi connectivity index (χ0) is 14.7. The molecule has 3 rings (SSSR count). The van der Waals surface area contributed by atoms with Crippen LogP contribution in [0.1, 0.15) is 53.6 Å². The van der Waals surface area contributed by atoms with E-state index < -0.39 is 0 Å². The van der Waals surface area contributed by atoms with Crippen LogP contribution in [0.5, 0.6) is 0 Å². The van der Waals surface area contributed by atoms with Gasteiger partial charge in [-0.25, -0.2) is 0 Å². The summed E-state index contributed by atoms with van der Waals surface area (Å²) in [6.45, 7) is 0.945. The van der Waals surface area contributed by atoms with E-state index in [0.717, 1.165) is 31.2 Å². The van der Waals surface area contributed by atoms with Crippen molar-refractivity contribution in [3.63, 3.8) is 0 Å². The summed E-state index contributed by atoms with van der Waals surface area (Å²) in [4.78, 5) is 12.3. The van der Waals surface area contributed by atoms with Crippen molar-refractivity contribution in [1.29, 1.82) is 0 Å². The average molecular weight is 287 g/mol. The summed E-state index contributed by atoms with van der Waals surface area (Å²) in [6, 6.07) is 6.15. The second kappa shape index (κ2) is 6.61. The Balaban J connectivity index is 1.60. The van der Waals surface area contributed by atoms with E-state index in [0.29, 0.717) is 18.4 Å². The van der Waals surface area contributed by atoms with Crippen LogP contribution in [-0.4, -0.2) is 24.2 Å². The van der Waals surface area contributed by atoms with E-state index in [-0.39, 0.29) is 12.5 Å². The first-order valence-corrected chi connectivity index (χ1v) is 8.29. The molecule has 3 heteroatoms. The van der Waals surface area contributed by atoms with Gasteiger partial charge < -0.3 is 10.4 Å². The Morgan fingerprint density at radius 3 is 2.67 bits per heavy atom. The number of hydrogen-bond donors (Lipinski definition) is 2. The van der Waals surface area contributed by atoms with Gasteiger partial charge in [-0.2, -0.15) is 0 Å². The third-order valence-electron chi connectivity index (χ3n) is 5.19. The summed E-state index contributed by atoms with van der Waals surface area (Å²) in [5, 5.41) is 12.4. The second-order valence-corrected chi connectivity index (χ2v) is 6.53. The number of carbonyl (C=O) groups excluding carboxylic acids is 1. The largest absolute Gasteiger partial charge is 0.396 e. The van der Waals surface area contributed by atoms with Gasteiger partial charge in [0.05, 0.1) is 0 Å². The quantitative estimate of drug-likeness (QED) is 0.894. The molecule has 0 spiro atoms. The van der Waals surface area contributed by atoms with Crippen molar-refractivity contribution in [3.8, 4) is 0 Å². The van der Waals surface area contributed by atoms with Gasteiger partial charge in [-0.15, -0.1) is 0 Å². The van der Waals surface area contributed by atoms with Crippen LogP contribution >= 0.6 is 0 Å². The molecule has 0 bridgehead atoms. The third-order valence-corrected chi connectivity index (χ3v) is 5.19. The molecule has 1 aromatic rings. The molecule has 1 amide bonds. The van der Waals surface area contributed by atoms with Crippen LogP contribution in [-0.2, 0) is 12.8 Å². The topological polar surface area (TPSA) is 49.3 Å². The minimum absolute atomic E-state index is 0.0342. The van der Waals surface area contributed by atoms with Crippen LogP contribution < -0.4 is 5.32 Å². The summed E-state index contributed by atoms with van der Waals surface area (Å²) in [5.41, 5.74) is 3.55. The predicted octanol–water partition coefficient (Wildman–Crippen LogP) is 2.70. The maximum absolute atomic E-state index is 12.3. The summed E-state index contributed by atoms with van der Waals surface area (Å²) < 4.78 is 0. The molecule has 0 heterocycles. The highest BCUT2D eigenvalue weighted by Gasteiger charge is 2.26. The smallest absolute Gasteiger partial charge is 0.251 e. The first kappa shape index (κ1) is 14.6. The molecule has 21 heavy (non-hydrogen) atoms. The summed E-state index contributed by atoms with van der Waals surface area (Å²) in [5.74, 6) is 0.845. The van der Waals surface area contributed by atoms with Crippen LogP contribution in [0.25, 0.3) is 0 Å². The Morgan fingerprint density at radius 2 is 1.86 bits per heavy atom. The Hall–Kier alpha value is -1.35. The number of carbonyl (C=O) groups is 1. The number of rotatable bonds is 4. The summed E-state index contributed by atoms with van der Waals surface area (Å²) in [7, 11) is 0. The van der Waals surface area contributed by atoms with Gasteiger partial charge in [0, 0.05) is 18.7 Å². The highest BCUT2D eigenvalue weighted by Crippen LogP contribution is 2.30. The highest BCUT2D eigenvalue weighted by atomic mass is 16.3. The molecule has 2 unspecified atom stereocenters. The van der Waals surface area contributed by atoms with E-state index in [2.05, 4.69) is 17.4 Å². The first-order valence-electron chi connectivity index (χ1n) is 8.29. The second-order valence-electron chi connectivity index (χ2n) is 6.53. The predicted molar refractivity (Wildman–Crippen MR) is 83.3 cm³/mol. The standard InChI is InChI=1S/C18H25NO2/c20-12-17-7-3-6-16(17)11-19-18(21)15-9-8-13-4-1-2-5-14(13)10-15/h8-10,16-17,20H,1-7,11-12H2,(H,19,21). The molecule has 1 aromatic carbocycles. The number of amides is 1. The van der Waals surface area contributed by atoms with E-state index in [4.69, 9.17) is 0 Å². The Labute approximate surface area is 126 Å². The summed E-state index contributed by atoms with van der Waals surface area (Å²) >= 11 is 0. The van der Waals surface area contributed by atoms with E-state index >= 15 is 0 Å². The van der Waals surface area contributed by atoms with Gasteiger partial charge in [-0.1, -0.05) is 12.5 Å². The van der Waals surface area contributed by atoms with Crippen molar-refractivity contribution >= 4 is 5.91 Å². The van der Waals surface area contributed by atoms with Gasteiger partial charge >= 0.3 is 0 Å². The van der Waals surface area contributed by atoms with Gasteiger partial charge in [-0.05, 0) is 73.6 Å². The lowest BCUT2D eigenvalue weighted by molar-refractivity contribution is 0.0937. The minimum atomic E-state index is 0.0342. The van der Waals surface area contributed by atoms with Gasteiger partial charge in [0.25, 0.3) is 5.91 Å². The van der Waals surface area contributed by atoms with E-state index in [1.54, 1.807) is 0 Å². The summed E-state index contributed by atoms with van der Waals surface area (Å²) in [6.07, 6.45) is 8.14. The van der Waals surface area contributed by atoms with Crippen molar-refractivity contribution in [2.24, 2.45) is 11.8 Å². The molecule has 0 radical (unpaired) electrons. The van der Waals surface area contributed by atoms with Crippen LogP contribution in [0.3, 0.4) is 0 Å². The molecule has 1 saturated carbocycles. The lowest BCUT2D eigenvalue weighted by atomic mass is 9.90. The lowest BCUT2D eigenvalue weighted by Crippen LogP contribution is -2.31. The zero-order valence-electron chi connectivity index (χ0n) is 12.6. The third kappa shape index (κ3) is 3.29. The number of aliphatic hydroxyl groups is 1. The molecule has 3 nitrogen and oxygen atoms in total. The molecular weight excluding hydrogens is 262 g/mol. The SMILES string of the molecule is O=C(NCC1CCCC1CO)c1ccc2c(c1)CCCC2. The zero-order valence-corrected chi connectivity index (χ0v) is 12.6. The van der Waals surface area contributed by atoms with Crippen LogP contribution in [0, 0.1) is 11.8 Å². The van der Waals surface area contributed by atoms with E-state index in [1.807, 2.05) is 6.07 Å².